The molecule has 1 aliphatic heterocycles. The van der Waals surface area contributed by atoms with E-state index in [9.17, 15) is 4.79 Å². The van der Waals surface area contributed by atoms with E-state index in [1.165, 1.54) is 6.20 Å². The van der Waals surface area contributed by atoms with Crippen LogP contribution in [0, 0.1) is 0 Å². The molecule has 0 spiro atoms. The number of pyridine rings is 1. The average molecular weight is 252 g/mol. The van der Waals surface area contributed by atoms with E-state index >= 15 is 0 Å². The molecule has 0 atom stereocenters. The quantitative estimate of drug-likeness (QED) is 0.800. The van der Waals surface area contributed by atoms with Gasteiger partial charge in [0.15, 0.2) is 0 Å². The molecule has 0 bridgehead atoms. The Morgan fingerprint density at radius 2 is 2.39 bits per heavy atom. The number of hydrogen-bond donors (Lipinski definition) is 1. The van der Waals surface area contributed by atoms with Gasteiger partial charge in [-0.3, -0.25) is 4.98 Å². The van der Waals surface area contributed by atoms with Crippen LogP contribution in [0.2, 0.25) is 0 Å². The van der Waals surface area contributed by atoms with Gasteiger partial charge in [0.2, 0.25) is 0 Å². The molecule has 0 radical (unpaired) electrons. The maximum atomic E-state index is 10.9. The number of carbonyl (C=O) groups is 1. The highest BCUT2D eigenvalue weighted by molar-refractivity contribution is 5.88. The third-order valence-electron chi connectivity index (χ3n) is 2.90. The zero-order valence-corrected chi connectivity index (χ0v) is 10.2. The molecule has 18 heavy (non-hydrogen) atoms. The first-order chi connectivity index (χ1) is 8.72. The molecular weight excluding hydrogens is 236 g/mol. The molecule has 2 rings (SSSR count). The summed E-state index contributed by atoms with van der Waals surface area (Å²) in [7, 11) is 1.64. The number of methoxy groups -OCH3 is 1. The second-order valence-corrected chi connectivity index (χ2v) is 4.11. The second kappa shape index (κ2) is 5.79. The van der Waals surface area contributed by atoms with Crippen LogP contribution in [0.15, 0.2) is 18.5 Å². The molecule has 1 aliphatic rings. The van der Waals surface area contributed by atoms with Crippen molar-refractivity contribution in [1.82, 2.24) is 4.98 Å². The molecule has 6 heteroatoms. The van der Waals surface area contributed by atoms with Gasteiger partial charge in [0.05, 0.1) is 43.3 Å². The Kier molecular flexibility index (Phi) is 4.11. The summed E-state index contributed by atoms with van der Waals surface area (Å²) in [6.07, 6.45) is 3.01. The van der Waals surface area contributed by atoms with Crippen molar-refractivity contribution in [3.63, 3.8) is 0 Å². The Balaban J connectivity index is 2.17. The zero-order valence-electron chi connectivity index (χ0n) is 10.2. The van der Waals surface area contributed by atoms with Crippen LogP contribution in [0.4, 0.5) is 5.69 Å². The Morgan fingerprint density at radius 1 is 1.61 bits per heavy atom. The molecule has 1 aromatic heterocycles. The molecule has 1 saturated heterocycles. The number of ether oxygens (including phenoxy) is 2. The molecule has 2 heterocycles. The van der Waals surface area contributed by atoms with Crippen molar-refractivity contribution in [1.29, 1.82) is 0 Å². The van der Waals surface area contributed by atoms with Crippen LogP contribution in [-0.2, 0) is 9.47 Å². The number of hydrogen-bond acceptors (Lipinski definition) is 5. The Labute approximate surface area is 105 Å². The van der Waals surface area contributed by atoms with Gasteiger partial charge in [-0.05, 0) is 6.07 Å². The van der Waals surface area contributed by atoms with E-state index in [1.807, 2.05) is 0 Å². The van der Waals surface area contributed by atoms with Crippen LogP contribution in [0.1, 0.15) is 10.4 Å². The average Bonchev–Trinajstić information content (AvgIpc) is 2.32. The van der Waals surface area contributed by atoms with Crippen molar-refractivity contribution >= 4 is 11.7 Å². The summed E-state index contributed by atoms with van der Waals surface area (Å²) in [6.45, 7) is 2.57. The van der Waals surface area contributed by atoms with Gasteiger partial charge < -0.3 is 19.5 Å². The van der Waals surface area contributed by atoms with Crippen molar-refractivity contribution in [2.45, 2.75) is 6.04 Å². The topological polar surface area (TPSA) is 71.9 Å². The van der Waals surface area contributed by atoms with E-state index in [4.69, 9.17) is 14.6 Å². The van der Waals surface area contributed by atoms with Gasteiger partial charge in [-0.1, -0.05) is 0 Å². The number of aromatic carboxylic acids is 1. The van der Waals surface area contributed by atoms with Crippen molar-refractivity contribution in [2.75, 3.05) is 38.4 Å². The lowest BCUT2D eigenvalue weighted by atomic mass is 10.1. The molecule has 0 aromatic carbocycles. The van der Waals surface area contributed by atoms with Gasteiger partial charge in [0.25, 0.3) is 0 Å². The zero-order chi connectivity index (χ0) is 13.0. The number of anilines is 1. The number of carboxylic acids is 1. The van der Waals surface area contributed by atoms with Gasteiger partial charge in [-0.15, -0.1) is 0 Å². The molecule has 6 nitrogen and oxygen atoms in total. The minimum atomic E-state index is -0.971. The predicted octanol–water partition coefficient (Wildman–Crippen LogP) is 0.631. The number of nitrogens with zero attached hydrogens (tertiary/aromatic N) is 2. The molecule has 1 fully saturated rings. The fourth-order valence-corrected chi connectivity index (χ4v) is 1.82. The highest BCUT2D eigenvalue weighted by Crippen LogP contribution is 2.21. The predicted molar refractivity (Wildman–Crippen MR) is 65.0 cm³/mol. The third-order valence-corrected chi connectivity index (χ3v) is 2.90. The first-order valence-corrected chi connectivity index (χ1v) is 5.74. The normalized spacial score (nSPS) is 15.2. The summed E-state index contributed by atoms with van der Waals surface area (Å²) in [4.78, 5) is 17.0. The van der Waals surface area contributed by atoms with Gasteiger partial charge in [-0.25, -0.2) is 4.79 Å². The van der Waals surface area contributed by atoms with Crippen molar-refractivity contribution < 1.29 is 19.4 Å². The first kappa shape index (κ1) is 12.8. The SMILES string of the molecule is COCCN(c1cncc(C(=O)O)c1)C1COC1. The molecule has 0 aliphatic carbocycles. The van der Waals surface area contributed by atoms with Crippen molar-refractivity contribution in [2.24, 2.45) is 0 Å². The van der Waals surface area contributed by atoms with Crippen LogP contribution < -0.4 is 4.90 Å². The minimum Gasteiger partial charge on any atom is -0.478 e. The van der Waals surface area contributed by atoms with Crippen LogP contribution in [0.5, 0.6) is 0 Å². The van der Waals surface area contributed by atoms with E-state index in [1.54, 1.807) is 19.4 Å². The summed E-state index contributed by atoms with van der Waals surface area (Å²) >= 11 is 0. The van der Waals surface area contributed by atoms with Crippen molar-refractivity contribution in [3.8, 4) is 0 Å². The lowest BCUT2D eigenvalue weighted by Gasteiger charge is -2.38. The lowest BCUT2D eigenvalue weighted by molar-refractivity contribution is 0.00641. The highest BCUT2D eigenvalue weighted by atomic mass is 16.5. The standard InChI is InChI=1S/C12H16N2O4/c1-17-3-2-14(11-7-18-8-11)10-4-9(12(15)16)5-13-6-10/h4-6,11H,2-3,7-8H2,1H3,(H,15,16). The molecule has 98 valence electrons. The maximum Gasteiger partial charge on any atom is 0.337 e. The minimum absolute atomic E-state index is 0.190. The van der Waals surface area contributed by atoms with Crippen LogP contribution in [-0.4, -0.2) is 55.6 Å². The van der Waals surface area contributed by atoms with Gasteiger partial charge >= 0.3 is 5.97 Å². The fraction of sp³-hybridized carbons (Fsp3) is 0.500. The fourth-order valence-electron chi connectivity index (χ4n) is 1.82. The van der Waals surface area contributed by atoms with E-state index < -0.39 is 5.97 Å². The number of aromatic nitrogens is 1. The van der Waals surface area contributed by atoms with Crippen LogP contribution in [0.3, 0.4) is 0 Å². The molecule has 0 amide bonds. The van der Waals surface area contributed by atoms with E-state index in [2.05, 4.69) is 9.88 Å². The monoisotopic (exact) mass is 252 g/mol. The van der Waals surface area contributed by atoms with Crippen molar-refractivity contribution in [3.05, 3.63) is 24.0 Å². The molecule has 1 N–H and O–H groups in total. The largest absolute Gasteiger partial charge is 0.478 e. The second-order valence-electron chi connectivity index (χ2n) is 4.11. The summed E-state index contributed by atoms with van der Waals surface area (Å²) in [5.74, 6) is -0.971. The van der Waals surface area contributed by atoms with E-state index in [0.29, 0.717) is 26.4 Å². The summed E-state index contributed by atoms with van der Waals surface area (Å²) in [5.41, 5.74) is 0.982. The van der Waals surface area contributed by atoms with Crippen LogP contribution in [0.25, 0.3) is 0 Å². The van der Waals surface area contributed by atoms with Crippen LogP contribution >= 0.6 is 0 Å². The maximum absolute atomic E-state index is 10.9. The van der Waals surface area contributed by atoms with Gasteiger partial charge in [0, 0.05) is 19.9 Å². The first-order valence-electron chi connectivity index (χ1n) is 5.74. The van der Waals surface area contributed by atoms with Gasteiger partial charge in [0.1, 0.15) is 0 Å². The molecule has 1 aromatic rings. The summed E-state index contributed by atoms with van der Waals surface area (Å²) in [5, 5.41) is 8.97. The Hall–Kier alpha value is -1.66. The van der Waals surface area contributed by atoms with E-state index in [-0.39, 0.29) is 11.6 Å². The Bertz CT molecular complexity index is 420. The summed E-state index contributed by atoms with van der Waals surface area (Å²) < 4.78 is 10.2. The number of rotatable bonds is 6. The molecule has 0 unspecified atom stereocenters. The van der Waals surface area contributed by atoms with E-state index in [0.717, 1.165) is 5.69 Å². The smallest absolute Gasteiger partial charge is 0.337 e. The molecule has 0 saturated carbocycles. The third kappa shape index (κ3) is 2.77. The lowest BCUT2D eigenvalue weighted by Crippen LogP contribution is -2.50. The van der Waals surface area contributed by atoms with Gasteiger partial charge in [-0.2, -0.15) is 0 Å². The Morgan fingerprint density at radius 3 is 2.94 bits per heavy atom. The molecular formula is C12H16N2O4. The summed E-state index contributed by atoms with van der Waals surface area (Å²) in [6, 6.07) is 1.90. The highest BCUT2D eigenvalue weighted by Gasteiger charge is 2.26. The number of carboxylic acid groups (broad SMARTS) is 1.